The van der Waals surface area contributed by atoms with E-state index in [4.69, 9.17) is 0 Å². The Morgan fingerprint density at radius 1 is 1.12 bits per heavy atom. The van der Waals surface area contributed by atoms with E-state index in [1.807, 2.05) is 0 Å². The van der Waals surface area contributed by atoms with E-state index in [1.165, 1.54) is 4.57 Å². The molecule has 2 amide bonds. The number of hydrogen-bond donors (Lipinski definition) is 1. The number of nitrogens with zero attached hydrogens (tertiary/aromatic N) is 3. The molecule has 0 saturated heterocycles. The zero-order valence-electron chi connectivity index (χ0n) is 8.98. The van der Waals surface area contributed by atoms with Crippen LogP contribution in [-0.4, -0.2) is 15.2 Å². The number of amides is 2. The number of rotatable bonds is 2. The van der Waals surface area contributed by atoms with Crippen LogP contribution in [0.1, 0.15) is 13.8 Å². The van der Waals surface area contributed by atoms with E-state index in [0.717, 1.165) is 4.57 Å². The fourth-order valence-corrected chi connectivity index (χ4v) is 1.72. The Labute approximate surface area is 89.4 Å². The zero-order chi connectivity index (χ0) is 11.9. The third-order valence-corrected chi connectivity index (χ3v) is 2.47. The third-order valence-electron chi connectivity index (χ3n) is 2.47. The Balaban J connectivity index is 3.10. The van der Waals surface area contributed by atoms with E-state index in [9.17, 15) is 14.4 Å². The first-order valence-corrected chi connectivity index (χ1v) is 5.00. The summed E-state index contributed by atoms with van der Waals surface area (Å²) in [5, 5.41) is 0.0216. The molecule has 1 aromatic heterocycles. The molecule has 7 nitrogen and oxygen atoms in total. The van der Waals surface area contributed by atoms with Crippen molar-refractivity contribution in [3.63, 3.8) is 0 Å². The van der Waals surface area contributed by atoms with Crippen LogP contribution in [0.25, 0.3) is 0 Å². The molecule has 0 saturated carbocycles. The average molecular weight is 223 g/mol. The molecule has 0 fully saturated rings. The van der Waals surface area contributed by atoms with E-state index < -0.39 is 17.3 Å². The molecule has 0 bridgehead atoms. The van der Waals surface area contributed by atoms with Crippen molar-refractivity contribution in [2.24, 2.45) is 4.99 Å². The van der Waals surface area contributed by atoms with Crippen molar-refractivity contribution in [2.75, 3.05) is 0 Å². The van der Waals surface area contributed by atoms with Gasteiger partial charge in [0.1, 0.15) is 0 Å². The predicted molar refractivity (Wildman–Crippen MR) is 52.6 cm³/mol. The summed E-state index contributed by atoms with van der Waals surface area (Å²) < 4.78 is 2.39. The minimum atomic E-state index is -0.609. The predicted octanol–water partition coefficient (Wildman–Crippen LogP) is -3.50. The maximum atomic E-state index is 11.9. The van der Waals surface area contributed by atoms with Gasteiger partial charge in [0.05, 0.1) is 6.54 Å². The number of fused-ring (bicyclic) bond motifs is 1. The second-order valence-corrected chi connectivity index (χ2v) is 3.32. The van der Waals surface area contributed by atoms with Crippen LogP contribution in [0.2, 0.25) is 0 Å². The molecule has 2 rings (SSSR count). The van der Waals surface area contributed by atoms with Gasteiger partial charge in [-0.15, -0.1) is 0 Å². The first kappa shape index (κ1) is 10.5. The largest absolute Gasteiger partial charge is 0.475 e. The van der Waals surface area contributed by atoms with Crippen LogP contribution in [0.3, 0.4) is 0 Å². The van der Waals surface area contributed by atoms with Crippen molar-refractivity contribution in [1.82, 2.24) is 9.13 Å². The molecule has 1 aliphatic rings. The standard InChI is InChI=1S/C9H10N4O3/c1-3-12-6-5(10-8(15)11-6)7(14)13(4-2)9(12)16/h3-4H2,1-2H3/p+1. The lowest BCUT2D eigenvalue weighted by molar-refractivity contribution is -0.389. The van der Waals surface area contributed by atoms with Gasteiger partial charge in [-0.3, -0.25) is 4.79 Å². The molecule has 2 heterocycles. The lowest BCUT2D eigenvalue weighted by atomic mass is 10.5. The summed E-state index contributed by atoms with van der Waals surface area (Å²) in [6.45, 7) is 4.09. The van der Waals surface area contributed by atoms with Crippen molar-refractivity contribution in [1.29, 1.82) is 0 Å². The maximum Gasteiger partial charge on any atom is 0.475 e. The molecule has 1 aliphatic heterocycles. The van der Waals surface area contributed by atoms with E-state index in [2.05, 4.69) is 9.98 Å². The van der Waals surface area contributed by atoms with Gasteiger partial charge in [0.15, 0.2) is 0 Å². The van der Waals surface area contributed by atoms with Crippen LogP contribution < -0.4 is 27.1 Å². The highest BCUT2D eigenvalue weighted by Crippen LogP contribution is 1.70. The normalized spacial score (nSPS) is 13.2. The molecule has 0 spiro atoms. The molecule has 16 heavy (non-hydrogen) atoms. The number of nitrogens with one attached hydrogen (secondary N) is 1. The van der Waals surface area contributed by atoms with Gasteiger partial charge in [-0.1, -0.05) is 4.99 Å². The Kier molecular flexibility index (Phi) is 2.30. The minimum Gasteiger partial charge on any atom is -0.265 e. The van der Waals surface area contributed by atoms with E-state index in [1.54, 1.807) is 13.8 Å². The lowest BCUT2D eigenvalue weighted by Gasteiger charge is -2.00. The first-order valence-electron chi connectivity index (χ1n) is 5.00. The van der Waals surface area contributed by atoms with Crippen LogP contribution in [0, 0.1) is 0 Å². The number of aromatic nitrogens is 2. The smallest absolute Gasteiger partial charge is 0.265 e. The third kappa shape index (κ3) is 1.24. The van der Waals surface area contributed by atoms with Gasteiger partial charge in [-0.2, -0.15) is 0 Å². The number of hydrogen-bond acceptors (Lipinski definition) is 3. The van der Waals surface area contributed by atoms with Crippen LogP contribution in [-0.2, 0) is 13.1 Å². The van der Waals surface area contributed by atoms with E-state index >= 15 is 0 Å². The van der Waals surface area contributed by atoms with Crippen LogP contribution >= 0.6 is 0 Å². The van der Waals surface area contributed by atoms with Gasteiger partial charge < -0.3 is 0 Å². The number of carbonyl (C=O) groups is 1. The maximum absolute atomic E-state index is 11.9. The molecular formula is C9H11N4O3+. The molecule has 7 heteroatoms. The summed E-state index contributed by atoms with van der Waals surface area (Å²) in [6, 6.07) is -0.609. The second kappa shape index (κ2) is 3.51. The Hall–Kier alpha value is -2.05. The summed E-state index contributed by atoms with van der Waals surface area (Å²) in [5.41, 5.74) is -0.746. The quantitative estimate of drug-likeness (QED) is 0.564. The molecule has 0 aliphatic carbocycles. The van der Waals surface area contributed by atoms with Crippen LogP contribution in [0.4, 0.5) is 4.79 Å². The van der Waals surface area contributed by atoms with Crippen LogP contribution in [0.5, 0.6) is 0 Å². The van der Waals surface area contributed by atoms with Gasteiger partial charge in [0.25, 0.3) is 10.8 Å². The summed E-state index contributed by atoms with van der Waals surface area (Å²) >= 11 is 0. The summed E-state index contributed by atoms with van der Waals surface area (Å²) in [5.74, 6) is 0. The summed E-state index contributed by atoms with van der Waals surface area (Å²) in [7, 11) is 0. The van der Waals surface area contributed by atoms with Gasteiger partial charge in [-0.05, 0) is 13.8 Å². The van der Waals surface area contributed by atoms with Crippen LogP contribution in [0.15, 0.2) is 14.6 Å². The van der Waals surface area contributed by atoms with Crippen molar-refractivity contribution in [3.8, 4) is 0 Å². The average Bonchev–Trinajstić information content (AvgIpc) is 2.62. The van der Waals surface area contributed by atoms with Crippen molar-refractivity contribution in [3.05, 3.63) is 31.7 Å². The monoisotopic (exact) mass is 223 g/mol. The van der Waals surface area contributed by atoms with Gasteiger partial charge in [0.2, 0.25) is 0 Å². The number of carbonyl (C=O) groups excluding carboxylic acids is 1. The topological polar surface area (TPSA) is 87.4 Å². The molecular weight excluding hydrogens is 212 g/mol. The summed E-state index contributed by atoms with van der Waals surface area (Å²) in [4.78, 5) is 40.7. The second-order valence-electron chi connectivity index (χ2n) is 3.32. The van der Waals surface area contributed by atoms with Crippen molar-refractivity contribution >= 4 is 6.03 Å². The highest BCUT2D eigenvalue weighted by molar-refractivity contribution is 5.64. The SMILES string of the molecule is CCn1c(=O)c2c(n(CC)c1=O)=[NH+]C(=O)N=2. The van der Waals surface area contributed by atoms with Crippen molar-refractivity contribution < 1.29 is 9.79 Å². The Morgan fingerprint density at radius 2 is 1.75 bits per heavy atom. The van der Waals surface area contributed by atoms with Gasteiger partial charge in [-0.25, -0.2) is 23.7 Å². The molecule has 0 radical (unpaired) electrons. The highest BCUT2D eigenvalue weighted by atomic mass is 16.2. The van der Waals surface area contributed by atoms with Crippen molar-refractivity contribution in [2.45, 2.75) is 26.9 Å². The Morgan fingerprint density at radius 3 is 2.31 bits per heavy atom. The zero-order valence-corrected chi connectivity index (χ0v) is 8.98. The summed E-state index contributed by atoms with van der Waals surface area (Å²) in [6.07, 6.45) is 0. The lowest BCUT2D eigenvalue weighted by Crippen LogP contribution is -2.83. The fourth-order valence-electron chi connectivity index (χ4n) is 1.72. The van der Waals surface area contributed by atoms with Gasteiger partial charge in [0, 0.05) is 6.54 Å². The minimum absolute atomic E-state index is 0.0216. The molecule has 1 N–H and O–H groups in total. The molecule has 1 aromatic rings. The number of urea groups is 1. The first-order chi connectivity index (χ1) is 7.60. The van der Waals surface area contributed by atoms with E-state index in [-0.39, 0.29) is 17.4 Å². The fraction of sp³-hybridized carbons (Fsp3) is 0.444. The Bertz CT molecular complexity index is 695. The highest BCUT2D eigenvalue weighted by Gasteiger charge is 2.22. The molecule has 0 unspecified atom stereocenters. The van der Waals surface area contributed by atoms with Gasteiger partial charge >= 0.3 is 17.3 Å². The molecule has 0 atom stereocenters. The molecule has 0 aromatic carbocycles. The van der Waals surface area contributed by atoms with E-state index in [0.29, 0.717) is 6.54 Å². The molecule has 84 valence electrons.